The quantitative estimate of drug-likeness (QED) is 0.841. The van der Waals surface area contributed by atoms with Gasteiger partial charge in [-0.15, -0.1) is 0 Å². The lowest BCUT2D eigenvalue weighted by atomic mass is 10.0. The van der Waals surface area contributed by atoms with Gasteiger partial charge in [-0.05, 0) is 31.7 Å². The Hall–Kier alpha value is -0.870. The number of hydrogen-bond acceptors (Lipinski definition) is 2. The van der Waals surface area contributed by atoms with Crippen molar-refractivity contribution in [1.82, 2.24) is 4.31 Å². The van der Waals surface area contributed by atoms with Crippen LogP contribution in [0.4, 0.5) is 0 Å². The maximum absolute atomic E-state index is 12.2. The summed E-state index contributed by atoms with van der Waals surface area (Å²) in [5.74, 6) is 0.259. The molecule has 0 unspecified atom stereocenters. The van der Waals surface area contributed by atoms with Gasteiger partial charge in [-0.3, -0.25) is 0 Å². The van der Waals surface area contributed by atoms with Crippen LogP contribution in [-0.2, 0) is 10.0 Å². The Kier molecular flexibility index (Phi) is 4.07. The van der Waals surface area contributed by atoms with Crippen LogP contribution in [0.15, 0.2) is 24.3 Å². The summed E-state index contributed by atoms with van der Waals surface area (Å²) in [6, 6.07) is 8.26. The standard InChI is InChI=1S/C14H21NO2S/c1-3-11-18(16,17)15-10-4-5-14(15)13-8-6-12(2)7-9-13/h6-9,14H,3-5,10-11H2,1-2H3/t14-/m1/s1. The zero-order valence-corrected chi connectivity index (χ0v) is 11.9. The lowest BCUT2D eigenvalue weighted by Crippen LogP contribution is -2.32. The largest absolute Gasteiger partial charge is 0.214 e. The van der Waals surface area contributed by atoms with Crippen LogP contribution in [0, 0.1) is 6.92 Å². The lowest BCUT2D eigenvalue weighted by Gasteiger charge is -2.24. The van der Waals surface area contributed by atoms with E-state index in [-0.39, 0.29) is 11.8 Å². The van der Waals surface area contributed by atoms with Gasteiger partial charge in [0.25, 0.3) is 0 Å². The first-order valence-electron chi connectivity index (χ1n) is 6.60. The molecule has 2 rings (SSSR count). The molecule has 1 atom stereocenters. The molecule has 1 aliphatic rings. The van der Waals surface area contributed by atoms with Gasteiger partial charge in [0.1, 0.15) is 0 Å². The van der Waals surface area contributed by atoms with Crippen molar-refractivity contribution >= 4 is 10.0 Å². The van der Waals surface area contributed by atoms with Gasteiger partial charge in [0, 0.05) is 12.6 Å². The highest BCUT2D eigenvalue weighted by molar-refractivity contribution is 7.89. The third kappa shape index (κ3) is 2.75. The normalized spacial score (nSPS) is 21.3. The molecule has 3 nitrogen and oxygen atoms in total. The van der Waals surface area contributed by atoms with Crippen molar-refractivity contribution in [1.29, 1.82) is 0 Å². The van der Waals surface area contributed by atoms with Crippen molar-refractivity contribution in [2.45, 2.75) is 39.2 Å². The summed E-state index contributed by atoms with van der Waals surface area (Å²) in [4.78, 5) is 0. The zero-order chi connectivity index (χ0) is 13.2. The monoisotopic (exact) mass is 267 g/mol. The Morgan fingerprint density at radius 2 is 1.94 bits per heavy atom. The minimum Gasteiger partial charge on any atom is -0.212 e. The van der Waals surface area contributed by atoms with Crippen LogP contribution in [0.25, 0.3) is 0 Å². The maximum atomic E-state index is 12.2. The van der Waals surface area contributed by atoms with Crippen LogP contribution in [0.3, 0.4) is 0 Å². The van der Waals surface area contributed by atoms with Gasteiger partial charge >= 0.3 is 0 Å². The molecule has 0 spiro atoms. The van der Waals surface area contributed by atoms with E-state index in [1.807, 2.05) is 13.8 Å². The van der Waals surface area contributed by atoms with Gasteiger partial charge in [-0.2, -0.15) is 4.31 Å². The van der Waals surface area contributed by atoms with Gasteiger partial charge in [-0.25, -0.2) is 8.42 Å². The predicted octanol–water partition coefficient (Wildman–Crippen LogP) is 2.87. The maximum Gasteiger partial charge on any atom is 0.214 e. The van der Waals surface area contributed by atoms with E-state index >= 15 is 0 Å². The summed E-state index contributed by atoms with van der Waals surface area (Å²) >= 11 is 0. The molecule has 0 aliphatic carbocycles. The van der Waals surface area contributed by atoms with Crippen LogP contribution in [0.1, 0.15) is 43.4 Å². The van der Waals surface area contributed by atoms with E-state index in [9.17, 15) is 8.42 Å². The van der Waals surface area contributed by atoms with Crippen molar-refractivity contribution < 1.29 is 8.42 Å². The van der Waals surface area contributed by atoms with Gasteiger partial charge in [0.2, 0.25) is 10.0 Å². The van der Waals surface area contributed by atoms with E-state index in [1.54, 1.807) is 4.31 Å². The predicted molar refractivity (Wildman–Crippen MR) is 73.9 cm³/mol. The topological polar surface area (TPSA) is 37.4 Å². The molecule has 4 heteroatoms. The third-order valence-corrected chi connectivity index (χ3v) is 5.56. The number of sulfonamides is 1. The first-order valence-corrected chi connectivity index (χ1v) is 8.21. The van der Waals surface area contributed by atoms with E-state index in [1.165, 1.54) is 5.56 Å². The summed E-state index contributed by atoms with van der Waals surface area (Å²) in [6.07, 6.45) is 2.58. The van der Waals surface area contributed by atoms with Crippen LogP contribution >= 0.6 is 0 Å². The lowest BCUT2D eigenvalue weighted by molar-refractivity contribution is 0.396. The van der Waals surface area contributed by atoms with Crippen LogP contribution in [0.2, 0.25) is 0 Å². The molecule has 1 saturated heterocycles. The minimum absolute atomic E-state index is 0.0437. The first-order chi connectivity index (χ1) is 8.54. The summed E-state index contributed by atoms with van der Waals surface area (Å²) in [5.41, 5.74) is 2.33. The summed E-state index contributed by atoms with van der Waals surface area (Å²) in [6.45, 7) is 4.62. The molecule has 0 bridgehead atoms. The van der Waals surface area contributed by atoms with Gasteiger partial charge in [0.05, 0.1) is 5.75 Å². The molecule has 0 saturated carbocycles. The molecule has 1 aromatic rings. The van der Waals surface area contributed by atoms with E-state index in [4.69, 9.17) is 0 Å². The number of hydrogen-bond donors (Lipinski definition) is 0. The van der Waals surface area contributed by atoms with Gasteiger partial charge in [-0.1, -0.05) is 36.8 Å². The highest BCUT2D eigenvalue weighted by atomic mass is 32.2. The van der Waals surface area contributed by atoms with Gasteiger partial charge in [0.15, 0.2) is 0 Å². The SMILES string of the molecule is CCCS(=O)(=O)N1CCC[C@@H]1c1ccc(C)cc1. The summed E-state index contributed by atoms with van der Waals surface area (Å²) in [7, 11) is -3.08. The highest BCUT2D eigenvalue weighted by Crippen LogP contribution is 2.34. The average molecular weight is 267 g/mol. The zero-order valence-electron chi connectivity index (χ0n) is 11.1. The summed E-state index contributed by atoms with van der Waals surface area (Å²) < 4.78 is 26.1. The van der Waals surface area contributed by atoms with E-state index < -0.39 is 10.0 Å². The second-order valence-electron chi connectivity index (χ2n) is 5.00. The van der Waals surface area contributed by atoms with E-state index in [0.717, 1.165) is 18.4 Å². The molecule has 100 valence electrons. The molecule has 1 heterocycles. The first kappa shape index (κ1) is 13.6. The van der Waals surface area contributed by atoms with Crippen LogP contribution in [-0.4, -0.2) is 25.0 Å². The molecular formula is C14H21NO2S. The fourth-order valence-corrected chi connectivity index (χ4v) is 4.34. The molecular weight excluding hydrogens is 246 g/mol. The minimum atomic E-state index is -3.08. The van der Waals surface area contributed by atoms with Crippen molar-refractivity contribution in [3.05, 3.63) is 35.4 Å². The molecule has 1 aromatic carbocycles. The number of nitrogens with zero attached hydrogens (tertiary/aromatic N) is 1. The van der Waals surface area contributed by atoms with E-state index in [2.05, 4.69) is 24.3 Å². The Morgan fingerprint density at radius 1 is 1.28 bits per heavy atom. The van der Waals surface area contributed by atoms with Crippen molar-refractivity contribution in [2.75, 3.05) is 12.3 Å². The summed E-state index contributed by atoms with van der Waals surface area (Å²) in [5, 5.41) is 0. The Labute approximate surface area is 110 Å². The van der Waals surface area contributed by atoms with Crippen LogP contribution in [0.5, 0.6) is 0 Å². The smallest absolute Gasteiger partial charge is 0.212 e. The van der Waals surface area contributed by atoms with Crippen molar-refractivity contribution in [3.8, 4) is 0 Å². The van der Waals surface area contributed by atoms with Gasteiger partial charge < -0.3 is 0 Å². The molecule has 1 aliphatic heterocycles. The molecule has 0 aromatic heterocycles. The molecule has 0 radical (unpaired) electrons. The second kappa shape index (κ2) is 5.41. The van der Waals surface area contributed by atoms with Crippen LogP contribution < -0.4 is 0 Å². The third-order valence-electron chi connectivity index (χ3n) is 3.49. The fourth-order valence-electron chi connectivity index (χ4n) is 2.57. The van der Waals surface area contributed by atoms with E-state index in [0.29, 0.717) is 13.0 Å². The Bertz CT molecular complexity index is 493. The number of rotatable bonds is 4. The number of benzene rings is 1. The fraction of sp³-hybridized carbons (Fsp3) is 0.571. The average Bonchev–Trinajstić information content (AvgIpc) is 2.79. The Balaban J connectivity index is 2.25. The van der Waals surface area contributed by atoms with Crippen molar-refractivity contribution in [2.24, 2.45) is 0 Å². The molecule has 1 fully saturated rings. The van der Waals surface area contributed by atoms with Crippen molar-refractivity contribution in [3.63, 3.8) is 0 Å². The second-order valence-corrected chi connectivity index (χ2v) is 7.04. The number of aryl methyl sites for hydroxylation is 1. The molecule has 0 amide bonds. The molecule has 0 N–H and O–H groups in total. The Morgan fingerprint density at radius 3 is 2.56 bits per heavy atom. The highest BCUT2D eigenvalue weighted by Gasteiger charge is 2.34. The molecule has 18 heavy (non-hydrogen) atoms.